The van der Waals surface area contributed by atoms with E-state index in [0.29, 0.717) is 0 Å². The van der Waals surface area contributed by atoms with Crippen LogP contribution in [0.5, 0.6) is 0 Å². The van der Waals surface area contributed by atoms with Gasteiger partial charge in [0.1, 0.15) is 0 Å². The predicted molar refractivity (Wildman–Crippen MR) is 79.1 cm³/mol. The standard InChI is InChI=1S/C14H17ClN2S/c1-8-6-10(3)11(7-9(8)2)14(17-16)12-4-5-13(15)18-12/h4-7,14,17H,16H2,1-3H3. The van der Waals surface area contributed by atoms with Crippen molar-refractivity contribution >= 4 is 22.9 Å². The summed E-state index contributed by atoms with van der Waals surface area (Å²) in [7, 11) is 0. The number of hydrogen-bond donors (Lipinski definition) is 2. The molecule has 4 heteroatoms. The molecule has 2 nitrogen and oxygen atoms in total. The molecule has 2 rings (SSSR count). The fourth-order valence-electron chi connectivity index (χ4n) is 2.10. The van der Waals surface area contributed by atoms with Crippen LogP contribution in [0.4, 0.5) is 0 Å². The molecule has 0 radical (unpaired) electrons. The van der Waals surface area contributed by atoms with Crippen LogP contribution in [0.2, 0.25) is 4.34 Å². The number of aryl methyl sites for hydroxylation is 3. The van der Waals surface area contributed by atoms with E-state index in [1.807, 2.05) is 12.1 Å². The maximum Gasteiger partial charge on any atom is 0.0931 e. The monoisotopic (exact) mass is 280 g/mol. The van der Waals surface area contributed by atoms with Crippen molar-refractivity contribution in [3.05, 3.63) is 55.7 Å². The maximum absolute atomic E-state index is 6.00. The summed E-state index contributed by atoms with van der Waals surface area (Å²) in [6.45, 7) is 6.35. The van der Waals surface area contributed by atoms with Crippen molar-refractivity contribution in [3.8, 4) is 0 Å². The fraction of sp³-hybridized carbons (Fsp3) is 0.286. The van der Waals surface area contributed by atoms with Crippen LogP contribution in [-0.4, -0.2) is 0 Å². The first-order chi connectivity index (χ1) is 8.52. The molecule has 1 aromatic carbocycles. The van der Waals surface area contributed by atoms with Gasteiger partial charge in [0.2, 0.25) is 0 Å². The molecule has 0 fully saturated rings. The minimum absolute atomic E-state index is 0.00167. The minimum Gasteiger partial charge on any atom is -0.271 e. The second-order valence-electron chi connectivity index (χ2n) is 4.53. The summed E-state index contributed by atoms with van der Waals surface area (Å²) >= 11 is 7.55. The van der Waals surface area contributed by atoms with Gasteiger partial charge in [-0.15, -0.1) is 11.3 Å². The highest BCUT2D eigenvalue weighted by Crippen LogP contribution is 2.32. The van der Waals surface area contributed by atoms with E-state index in [1.54, 1.807) is 11.3 Å². The van der Waals surface area contributed by atoms with Crippen molar-refractivity contribution in [1.29, 1.82) is 0 Å². The van der Waals surface area contributed by atoms with E-state index in [-0.39, 0.29) is 6.04 Å². The van der Waals surface area contributed by atoms with Gasteiger partial charge < -0.3 is 0 Å². The first-order valence-electron chi connectivity index (χ1n) is 5.82. The molecule has 0 aliphatic rings. The lowest BCUT2D eigenvalue weighted by molar-refractivity contribution is 0.642. The van der Waals surface area contributed by atoms with Crippen LogP contribution < -0.4 is 11.3 Å². The van der Waals surface area contributed by atoms with Crippen molar-refractivity contribution in [3.63, 3.8) is 0 Å². The Labute approximate surface area is 117 Å². The van der Waals surface area contributed by atoms with Crippen LogP contribution in [0.25, 0.3) is 0 Å². The molecule has 0 saturated heterocycles. The van der Waals surface area contributed by atoms with E-state index in [2.05, 4.69) is 38.3 Å². The molecular weight excluding hydrogens is 264 g/mol. The molecular formula is C14H17ClN2S. The van der Waals surface area contributed by atoms with E-state index < -0.39 is 0 Å². The van der Waals surface area contributed by atoms with Gasteiger partial charge >= 0.3 is 0 Å². The van der Waals surface area contributed by atoms with Crippen LogP contribution in [-0.2, 0) is 0 Å². The van der Waals surface area contributed by atoms with Gasteiger partial charge in [0, 0.05) is 4.88 Å². The predicted octanol–water partition coefficient (Wildman–Crippen LogP) is 3.88. The lowest BCUT2D eigenvalue weighted by Crippen LogP contribution is -2.28. The van der Waals surface area contributed by atoms with Gasteiger partial charge in [0.25, 0.3) is 0 Å². The molecule has 0 amide bonds. The lowest BCUT2D eigenvalue weighted by Gasteiger charge is -2.19. The highest BCUT2D eigenvalue weighted by atomic mass is 35.5. The highest BCUT2D eigenvalue weighted by molar-refractivity contribution is 7.16. The van der Waals surface area contributed by atoms with E-state index >= 15 is 0 Å². The molecule has 1 unspecified atom stereocenters. The summed E-state index contributed by atoms with van der Waals surface area (Å²) in [4.78, 5) is 1.13. The average molecular weight is 281 g/mol. The summed E-state index contributed by atoms with van der Waals surface area (Å²) in [5.74, 6) is 5.72. The summed E-state index contributed by atoms with van der Waals surface area (Å²) in [5.41, 5.74) is 7.91. The number of halogens is 1. The van der Waals surface area contributed by atoms with Gasteiger partial charge in [0.15, 0.2) is 0 Å². The number of thiophene rings is 1. The Morgan fingerprint density at radius 3 is 2.33 bits per heavy atom. The van der Waals surface area contributed by atoms with Gasteiger partial charge in [0.05, 0.1) is 10.4 Å². The van der Waals surface area contributed by atoms with Gasteiger partial charge in [-0.1, -0.05) is 23.7 Å². The van der Waals surface area contributed by atoms with Crippen molar-refractivity contribution in [1.82, 2.24) is 5.43 Å². The third-order valence-corrected chi connectivity index (χ3v) is 4.53. The zero-order chi connectivity index (χ0) is 13.3. The molecule has 0 aliphatic heterocycles. The van der Waals surface area contributed by atoms with E-state index in [9.17, 15) is 0 Å². The molecule has 3 N–H and O–H groups in total. The summed E-state index contributed by atoms with van der Waals surface area (Å²) in [5, 5.41) is 0. The molecule has 1 aromatic heterocycles. The zero-order valence-corrected chi connectivity index (χ0v) is 12.3. The normalized spacial score (nSPS) is 12.7. The first kappa shape index (κ1) is 13.6. The van der Waals surface area contributed by atoms with Crippen molar-refractivity contribution in [2.45, 2.75) is 26.8 Å². The van der Waals surface area contributed by atoms with Gasteiger partial charge in [-0.2, -0.15) is 0 Å². The molecule has 0 spiro atoms. The van der Waals surface area contributed by atoms with Crippen LogP contribution >= 0.6 is 22.9 Å². The summed E-state index contributed by atoms with van der Waals surface area (Å²) < 4.78 is 0.784. The smallest absolute Gasteiger partial charge is 0.0931 e. The Morgan fingerprint density at radius 1 is 1.11 bits per heavy atom. The number of benzene rings is 1. The number of hydrogen-bond acceptors (Lipinski definition) is 3. The van der Waals surface area contributed by atoms with E-state index in [4.69, 9.17) is 17.4 Å². The van der Waals surface area contributed by atoms with Gasteiger partial charge in [-0.3, -0.25) is 5.84 Å². The lowest BCUT2D eigenvalue weighted by atomic mass is 9.95. The average Bonchev–Trinajstić information content (AvgIpc) is 2.73. The van der Waals surface area contributed by atoms with E-state index in [1.165, 1.54) is 22.3 Å². The molecule has 1 heterocycles. The molecule has 0 saturated carbocycles. The topological polar surface area (TPSA) is 38.0 Å². The Morgan fingerprint density at radius 2 is 1.78 bits per heavy atom. The first-order valence-corrected chi connectivity index (χ1v) is 7.01. The molecule has 96 valence electrons. The zero-order valence-electron chi connectivity index (χ0n) is 10.8. The summed E-state index contributed by atoms with van der Waals surface area (Å²) in [6.07, 6.45) is 0. The third kappa shape index (κ3) is 2.59. The maximum atomic E-state index is 6.00. The Balaban J connectivity index is 2.48. The second kappa shape index (κ2) is 5.41. The minimum atomic E-state index is 0.00167. The molecule has 1 atom stereocenters. The third-order valence-electron chi connectivity index (χ3n) is 3.24. The van der Waals surface area contributed by atoms with Crippen LogP contribution in [0.15, 0.2) is 24.3 Å². The summed E-state index contributed by atoms with van der Waals surface area (Å²) in [6, 6.07) is 8.32. The Hall–Kier alpha value is -0.870. The Bertz CT molecular complexity index is 563. The van der Waals surface area contributed by atoms with Crippen LogP contribution in [0.3, 0.4) is 0 Å². The quantitative estimate of drug-likeness (QED) is 0.661. The molecule has 18 heavy (non-hydrogen) atoms. The second-order valence-corrected chi connectivity index (χ2v) is 6.28. The fourth-order valence-corrected chi connectivity index (χ4v) is 3.24. The van der Waals surface area contributed by atoms with Crippen molar-refractivity contribution in [2.24, 2.45) is 5.84 Å². The molecule has 2 aromatic rings. The van der Waals surface area contributed by atoms with Crippen LogP contribution in [0.1, 0.15) is 33.2 Å². The van der Waals surface area contributed by atoms with E-state index in [0.717, 1.165) is 9.21 Å². The van der Waals surface area contributed by atoms with Crippen molar-refractivity contribution < 1.29 is 0 Å². The van der Waals surface area contributed by atoms with Gasteiger partial charge in [-0.25, -0.2) is 5.43 Å². The number of nitrogens with two attached hydrogens (primary N) is 1. The largest absolute Gasteiger partial charge is 0.271 e. The highest BCUT2D eigenvalue weighted by Gasteiger charge is 2.17. The Kier molecular flexibility index (Phi) is 4.07. The van der Waals surface area contributed by atoms with Gasteiger partial charge in [-0.05, 0) is 55.2 Å². The molecule has 0 aliphatic carbocycles. The number of nitrogens with one attached hydrogen (secondary N) is 1. The SMILES string of the molecule is Cc1cc(C)c(C(NN)c2ccc(Cl)s2)cc1C. The van der Waals surface area contributed by atoms with Crippen LogP contribution in [0, 0.1) is 20.8 Å². The number of rotatable bonds is 3. The number of hydrazine groups is 1. The van der Waals surface area contributed by atoms with Crippen molar-refractivity contribution in [2.75, 3.05) is 0 Å². The molecule has 0 bridgehead atoms.